The zero-order chi connectivity index (χ0) is 12.9. The Balaban J connectivity index is 1.88. The fourth-order valence-corrected chi connectivity index (χ4v) is 1.89. The van der Waals surface area contributed by atoms with Crippen molar-refractivity contribution < 1.29 is 17.9 Å². The van der Waals surface area contributed by atoms with Gasteiger partial charge in [-0.3, -0.25) is 0 Å². The maximum Gasteiger partial charge on any atom is 0.419 e. The summed E-state index contributed by atoms with van der Waals surface area (Å²) in [6.45, 7) is 0. The largest absolute Gasteiger partial charge is 0.438 e. The topological polar surface area (TPSA) is 22.1 Å². The Kier molecular flexibility index (Phi) is 2.28. The molecule has 0 radical (unpaired) electrons. The molecule has 0 unspecified atom stereocenters. The molecule has 1 heterocycles. The van der Waals surface area contributed by atoms with Crippen LogP contribution in [0.3, 0.4) is 0 Å². The van der Waals surface area contributed by atoms with Gasteiger partial charge in [-0.2, -0.15) is 13.2 Å². The Labute approximate surface area is 104 Å². The molecule has 92 valence electrons. The minimum atomic E-state index is -4.51. The van der Waals surface area contributed by atoms with Gasteiger partial charge in [-0.15, -0.1) is 0 Å². The van der Waals surface area contributed by atoms with E-state index < -0.39 is 16.9 Å². The highest BCUT2D eigenvalue weighted by Gasteiger charge is 2.34. The average molecular weight is 272 g/mol. The van der Waals surface area contributed by atoms with Gasteiger partial charge < -0.3 is 4.74 Å². The molecular formula is C12H5ClF3NO. The SMILES string of the molecule is FC(F)(F)c1ccc(Oc2cc3ccc2=3)nc1Cl. The second-order valence-corrected chi connectivity index (χ2v) is 4.16. The fraction of sp³-hybridized carbons (Fsp3) is 0.0833. The molecule has 3 rings (SSSR count). The van der Waals surface area contributed by atoms with Crippen molar-refractivity contribution in [2.24, 2.45) is 0 Å². The standard InChI is InChI=1S/C12H5ClF3NO/c13-11-8(12(14,15)16)3-4-10(17-11)18-9-5-6-1-2-7(6)9/h1-5H. The maximum absolute atomic E-state index is 12.4. The molecule has 1 aromatic heterocycles. The van der Waals surface area contributed by atoms with E-state index in [9.17, 15) is 13.2 Å². The van der Waals surface area contributed by atoms with E-state index in [4.69, 9.17) is 16.3 Å². The summed E-state index contributed by atoms with van der Waals surface area (Å²) < 4.78 is 42.7. The number of nitrogens with zero attached hydrogens (tertiary/aromatic N) is 1. The van der Waals surface area contributed by atoms with Crippen LogP contribution in [0.4, 0.5) is 13.2 Å². The molecule has 0 saturated heterocycles. The van der Waals surface area contributed by atoms with Crippen LogP contribution in [0.1, 0.15) is 5.56 Å². The number of ether oxygens (including phenoxy) is 1. The molecule has 0 atom stereocenters. The minimum Gasteiger partial charge on any atom is -0.438 e. The first kappa shape index (κ1) is 11.3. The minimum absolute atomic E-state index is 0.0473. The summed E-state index contributed by atoms with van der Waals surface area (Å²) in [7, 11) is 0. The monoisotopic (exact) mass is 271 g/mol. The first-order valence-electron chi connectivity index (χ1n) is 5.01. The van der Waals surface area contributed by atoms with Crippen molar-refractivity contribution in [2.75, 3.05) is 0 Å². The van der Waals surface area contributed by atoms with Crippen LogP contribution in [-0.2, 0) is 6.18 Å². The van der Waals surface area contributed by atoms with Crippen molar-refractivity contribution in [2.45, 2.75) is 6.18 Å². The first-order chi connectivity index (χ1) is 8.45. The molecule has 0 N–H and O–H groups in total. The van der Waals surface area contributed by atoms with Gasteiger partial charge in [-0.05, 0) is 17.4 Å². The Hall–Kier alpha value is -1.75. The summed E-state index contributed by atoms with van der Waals surface area (Å²) in [6, 6.07) is 7.56. The van der Waals surface area contributed by atoms with Gasteiger partial charge in [-0.25, -0.2) is 4.98 Å². The molecule has 0 aromatic carbocycles. The first-order valence-corrected chi connectivity index (χ1v) is 5.39. The van der Waals surface area contributed by atoms with Crippen LogP contribution in [0.15, 0.2) is 30.3 Å². The molecule has 0 amide bonds. The van der Waals surface area contributed by atoms with Gasteiger partial charge in [0.25, 0.3) is 0 Å². The van der Waals surface area contributed by atoms with Gasteiger partial charge in [0.1, 0.15) is 10.9 Å². The second-order valence-electron chi connectivity index (χ2n) is 3.80. The zero-order valence-corrected chi connectivity index (χ0v) is 9.51. The Morgan fingerprint density at radius 2 is 1.89 bits per heavy atom. The third-order valence-electron chi connectivity index (χ3n) is 2.64. The molecule has 2 nitrogen and oxygen atoms in total. The number of rotatable bonds is 2. The summed E-state index contributed by atoms with van der Waals surface area (Å²) in [5.41, 5.74) is -0.970. The van der Waals surface area contributed by atoms with Crippen molar-refractivity contribution >= 4 is 11.6 Å². The Morgan fingerprint density at radius 1 is 1.11 bits per heavy atom. The summed E-state index contributed by atoms with van der Waals surface area (Å²) in [4.78, 5) is 3.58. The van der Waals surface area contributed by atoms with Gasteiger partial charge >= 0.3 is 6.18 Å². The van der Waals surface area contributed by atoms with Gasteiger partial charge in [-0.1, -0.05) is 23.7 Å². The Morgan fingerprint density at radius 3 is 2.33 bits per heavy atom. The number of hydrogen-bond acceptors (Lipinski definition) is 2. The zero-order valence-electron chi connectivity index (χ0n) is 8.75. The molecule has 6 heteroatoms. The second kappa shape index (κ2) is 3.62. The molecule has 2 aliphatic rings. The van der Waals surface area contributed by atoms with Crippen molar-refractivity contribution in [1.82, 2.24) is 4.98 Å². The number of aromatic nitrogens is 1. The molecular weight excluding hydrogens is 267 g/mol. The lowest BCUT2D eigenvalue weighted by Gasteiger charge is -2.13. The predicted molar refractivity (Wildman–Crippen MR) is 58.4 cm³/mol. The highest BCUT2D eigenvalue weighted by atomic mass is 35.5. The quantitative estimate of drug-likeness (QED) is 0.653. The molecule has 0 spiro atoms. The van der Waals surface area contributed by atoms with Crippen LogP contribution < -0.4 is 4.74 Å². The van der Waals surface area contributed by atoms with E-state index >= 15 is 0 Å². The van der Waals surface area contributed by atoms with Crippen LogP contribution in [0, 0.1) is 10.4 Å². The van der Waals surface area contributed by atoms with E-state index in [1.807, 2.05) is 12.1 Å². The molecule has 0 saturated carbocycles. The lowest BCUT2D eigenvalue weighted by atomic mass is 10.1. The number of alkyl halides is 3. The summed E-state index contributed by atoms with van der Waals surface area (Å²) in [5.74, 6) is 0.641. The van der Waals surface area contributed by atoms with Crippen molar-refractivity contribution in [1.29, 1.82) is 0 Å². The van der Waals surface area contributed by atoms with Gasteiger partial charge in [0.05, 0.1) is 5.56 Å². The highest BCUT2D eigenvalue weighted by Crippen LogP contribution is 2.36. The highest BCUT2D eigenvalue weighted by molar-refractivity contribution is 6.30. The summed E-state index contributed by atoms with van der Waals surface area (Å²) >= 11 is 5.48. The van der Waals surface area contributed by atoms with Crippen LogP contribution >= 0.6 is 11.6 Å². The Bertz CT molecular complexity index is 727. The molecule has 0 bridgehead atoms. The third kappa shape index (κ3) is 1.71. The maximum atomic E-state index is 12.4. The van der Waals surface area contributed by atoms with E-state index in [1.165, 1.54) is 0 Å². The lowest BCUT2D eigenvalue weighted by Crippen LogP contribution is -2.07. The number of pyridine rings is 1. The molecule has 2 aliphatic carbocycles. The van der Waals surface area contributed by atoms with E-state index in [0.29, 0.717) is 5.75 Å². The molecule has 0 aliphatic heterocycles. The van der Waals surface area contributed by atoms with Crippen LogP contribution in [-0.4, -0.2) is 4.98 Å². The molecule has 1 aromatic rings. The van der Waals surface area contributed by atoms with E-state index in [1.54, 1.807) is 6.07 Å². The third-order valence-corrected chi connectivity index (χ3v) is 2.92. The van der Waals surface area contributed by atoms with Crippen LogP contribution in [0.2, 0.25) is 5.15 Å². The van der Waals surface area contributed by atoms with E-state index in [-0.39, 0.29) is 5.88 Å². The van der Waals surface area contributed by atoms with E-state index in [0.717, 1.165) is 22.6 Å². The van der Waals surface area contributed by atoms with Crippen molar-refractivity contribution in [3.05, 3.63) is 51.5 Å². The number of benzene rings is 1. The summed E-state index contributed by atoms with van der Waals surface area (Å²) in [5, 5.41) is 1.41. The van der Waals surface area contributed by atoms with Gasteiger partial charge in [0.15, 0.2) is 0 Å². The normalized spacial score (nSPS) is 12.4. The van der Waals surface area contributed by atoms with Crippen molar-refractivity contribution in [3.63, 3.8) is 0 Å². The summed E-state index contributed by atoms with van der Waals surface area (Å²) in [6.07, 6.45) is -4.51. The van der Waals surface area contributed by atoms with E-state index in [2.05, 4.69) is 4.98 Å². The van der Waals surface area contributed by atoms with Gasteiger partial charge in [0, 0.05) is 11.3 Å². The molecule has 0 fully saturated rings. The fourth-order valence-electron chi connectivity index (χ4n) is 1.64. The lowest BCUT2D eigenvalue weighted by molar-refractivity contribution is -0.137. The number of halogens is 4. The molecule has 18 heavy (non-hydrogen) atoms. The van der Waals surface area contributed by atoms with Crippen molar-refractivity contribution in [3.8, 4) is 11.6 Å². The van der Waals surface area contributed by atoms with Crippen LogP contribution in [0.5, 0.6) is 11.6 Å². The smallest absolute Gasteiger partial charge is 0.419 e. The van der Waals surface area contributed by atoms with Crippen LogP contribution in [0.25, 0.3) is 0 Å². The number of hydrogen-bond donors (Lipinski definition) is 0. The van der Waals surface area contributed by atoms with Gasteiger partial charge in [0.2, 0.25) is 5.88 Å². The predicted octanol–water partition coefficient (Wildman–Crippen LogP) is 4.15. The average Bonchev–Trinajstić information content (AvgIpc) is 2.23.